The summed E-state index contributed by atoms with van der Waals surface area (Å²) < 4.78 is 27.5. The van der Waals surface area contributed by atoms with E-state index in [1.54, 1.807) is 4.31 Å². The van der Waals surface area contributed by atoms with Gasteiger partial charge in [-0.3, -0.25) is 0 Å². The van der Waals surface area contributed by atoms with Crippen molar-refractivity contribution in [3.63, 3.8) is 0 Å². The number of halogens is 2. The van der Waals surface area contributed by atoms with Gasteiger partial charge in [0.25, 0.3) is 10.0 Å². The van der Waals surface area contributed by atoms with Crippen molar-refractivity contribution < 1.29 is 8.42 Å². The molecular formula is C10H14BrClN2O2S2. The van der Waals surface area contributed by atoms with Crippen LogP contribution in [0, 0.1) is 0 Å². The zero-order valence-corrected chi connectivity index (χ0v) is 14.0. The summed E-state index contributed by atoms with van der Waals surface area (Å²) in [6.45, 7) is 3.95. The monoisotopic (exact) mass is 372 g/mol. The Bertz CT molecular complexity index is 527. The van der Waals surface area contributed by atoms with Gasteiger partial charge >= 0.3 is 0 Å². The molecule has 1 fully saturated rings. The van der Waals surface area contributed by atoms with Crippen molar-refractivity contribution in [2.45, 2.75) is 17.2 Å². The molecule has 8 heteroatoms. The highest BCUT2D eigenvalue weighted by Crippen LogP contribution is 2.36. The van der Waals surface area contributed by atoms with Crippen LogP contribution < -0.4 is 0 Å². The number of rotatable bonds is 2. The Kier molecular flexibility index (Phi) is 4.40. The Labute approximate surface area is 125 Å². The zero-order chi connectivity index (χ0) is 13.5. The van der Waals surface area contributed by atoms with Crippen LogP contribution in [0.1, 0.15) is 6.92 Å². The average Bonchev–Trinajstić information content (AvgIpc) is 2.59. The van der Waals surface area contributed by atoms with E-state index >= 15 is 0 Å². The maximum atomic E-state index is 12.5. The summed E-state index contributed by atoms with van der Waals surface area (Å²) in [6, 6.07) is 1.49. The maximum Gasteiger partial charge on any atom is 0.252 e. The van der Waals surface area contributed by atoms with E-state index in [2.05, 4.69) is 20.8 Å². The molecule has 1 aliphatic rings. The first-order chi connectivity index (χ1) is 8.32. The lowest BCUT2D eigenvalue weighted by atomic mass is 10.2. The van der Waals surface area contributed by atoms with Gasteiger partial charge in [0.2, 0.25) is 0 Å². The minimum Gasteiger partial charge on any atom is -0.303 e. The summed E-state index contributed by atoms with van der Waals surface area (Å²) in [5.74, 6) is 0. The highest BCUT2D eigenvalue weighted by molar-refractivity contribution is 9.11. The summed E-state index contributed by atoms with van der Waals surface area (Å²) in [5.41, 5.74) is 0. The summed E-state index contributed by atoms with van der Waals surface area (Å²) in [4.78, 5) is 2.13. The standard InChI is InChI=1S/C10H14BrClN2O2S2/c1-7-6-13(2)3-4-14(7)18(15,16)9-5-8(12)10(11)17-9/h5,7H,3-4,6H2,1-2H3. The second-order valence-corrected chi connectivity index (χ2v) is 9.31. The van der Waals surface area contributed by atoms with Crippen molar-refractivity contribution in [3.8, 4) is 0 Å². The van der Waals surface area contributed by atoms with Gasteiger partial charge in [-0.2, -0.15) is 4.31 Å². The molecule has 1 aliphatic heterocycles. The van der Waals surface area contributed by atoms with E-state index in [0.717, 1.165) is 24.4 Å². The zero-order valence-electron chi connectivity index (χ0n) is 10.1. The lowest BCUT2D eigenvalue weighted by molar-refractivity contribution is 0.170. The van der Waals surface area contributed by atoms with E-state index in [4.69, 9.17) is 11.6 Å². The predicted molar refractivity (Wildman–Crippen MR) is 77.9 cm³/mol. The van der Waals surface area contributed by atoms with Crippen molar-refractivity contribution in [1.29, 1.82) is 0 Å². The van der Waals surface area contributed by atoms with Crippen LogP contribution in [0.25, 0.3) is 0 Å². The van der Waals surface area contributed by atoms with Crippen molar-refractivity contribution >= 4 is 48.9 Å². The second-order valence-electron chi connectivity index (χ2n) is 4.41. The number of thiophene rings is 1. The summed E-state index contributed by atoms with van der Waals surface area (Å²) in [5, 5.41) is 0.445. The van der Waals surface area contributed by atoms with Gasteiger partial charge in [-0.15, -0.1) is 11.3 Å². The van der Waals surface area contributed by atoms with E-state index in [9.17, 15) is 8.42 Å². The molecule has 1 unspecified atom stereocenters. The predicted octanol–water partition coefficient (Wildman–Crippen LogP) is 2.49. The van der Waals surface area contributed by atoms with Gasteiger partial charge in [0.1, 0.15) is 4.21 Å². The largest absolute Gasteiger partial charge is 0.303 e. The lowest BCUT2D eigenvalue weighted by Crippen LogP contribution is -2.52. The van der Waals surface area contributed by atoms with Crippen LogP contribution in [0.2, 0.25) is 5.02 Å². The molecule has 0 radical (unpaired) electrons. The molecule has 0 bridgehead atoms. The van der Waals surface area contributed by atoms with E-state index in [0.29, 0.717) is 19.6 Å². The minimum absolute atomic E-state index is 0.0200. The van der Waals surface area contributed by atoms with Gasteiger partial charge in [0, 0.05) is 25.7 Å². The minimum atomic E-state index is -3.43. The van der Waals surface area contributed by atoms with Crippen LogP contribution in [-0.4, -0.2) is 50.3 Å². The van der Waals surface area contributed by atoms with E-state index in [-0.39, 0.29) is 6.04 Å². The third-order valence-electron chi connectivity index (χ3n) is 2.96. The molecule has 0 aromatic carbocycles. The van der Waals surface area contributed by atoms with Crippen LogP contribution in [0.15, 0.2) is 14.1 Å². The Morgan fingerprint density at radius 2 is 2.17 bits per heavy atom. The first kappa shape index (κ1) is 14.7. The number of nitrogens with zero attached hydrogens (tertiary/aromatic N) is 2. The third-order valence-corrected chi connectivity index (χ3v) is 7.89. The van der Waals surface area contributed by atoms with Crippen molar-refractivity contribution in [2.75, 3.05) is 26.7 Å². The van der Waals surface area contributed by atoms with E-state index in [1.807, 2.05) is 14.0 Å². The molecule has 0 spiro atoms. The second kappa shape index (κ2) is 5.38. The number of piperazine rings is 1. The lowest BCUT2D eigenvalue weighted by Gasteiger charge is -2.36. The summed E-state index contributed by atoms with van der Waals surface area (Å²) in [7, 11) is -1.43. The first-order valence-corrected chi connectivity index (χ1v) is 8.90. The van der Waals surface area contributed by atoms with Gasteiger partial charge in [-0.25, -0.2) is 8.42 Å². The van der Waals surface area contributed by atoms with Crippen LogP contribution in [0.5, 0.6) is 0 Å². The SMILES string of the molecule is CC1CN(C)CCN1S(=O)(=O)c1cc(Cl)c(Br)s1. The molecule has 1 aromatic heterocycles. The summed E-state index contributed by atoms with van der Waals surface area (Å²) >= 11 is 10.3. The third kappa shape index (κ3) is 2.76. The quantitative estimate of drug-likeness (QED) is 0.799. The molecule has 0 amide bonds. The molecule has 0 saturated carbocycles. The first-order valence-electron chi connectivity index (χ1n) is 5.47. The van der Waals surface area contributed by atoms with Crippen LogP contribution in [-0.2, 0) is 10.0 Å². The maximum absolute atomic E-state index is 12.5. The highest BCUT2D eigenvalue weighted by atomic mass is 79.9. The molecule has 2 heterocycles. The van der Waals surface area contributed by atoms with Gasteiger partial charge in [0.15, 0.2) is 0 Å². The Hall–Kier alpha value is 0.340. The average molecular weight is 374 g/mol. The smallest absolute Gasteiger partial charge is 0.252 e. The Morgan fingerprint density at radius 1 is 1.50 bits per heavy atom. The summed E-state index contributed by atoms with van der Waals surface area (Å²) in [6.07, 6.45) is 0. The molecule has 0 N–H and O–H groups in total. The van der Waals surface area contributed by atoms with Crippen molar-refractivity contribution in [2.24, 2.45) is 0 Å². The van der Waals surface area contributed by atoms with Gasteiger partial charge in [-0.1, -0.05) is 11.6 Å². The van der Waals surface area contributed by atoms with Crippen molar-refractivity contribution in [1.82, 2.24) is 9.21 Å². The van der Waals surface area contributed by atoms with Crippen LogP contribution in [0.3, 0.4) is 0 Å². The molecule has 102 valence electrons. The number of hydrogen-bond donors (Lipinski definition) is 0. The normalized spacial score (nSPS) is 23.4. The van der Waals surface area contributed by atoms with Crippen LogP contribution in [0.4, 0.5) is 0 Å². The topological polar surface area (TPSA) is 40.6 Å². The molecule has 4 nitrogen and oxygen atoms in total. The number of sulfonamides is 1. The molecule has 0 aliphatic carbocycles. The van der Waals surface area contributed by atoms with E-state index in [1.165, 1.54) is 6.07 Å². The number of hydrogen-bond acceptors (Lipinski definition) is 4. The molecule has 18 heavy (non-hydrogen) atoms. The molecular weight excluding hydrogens is 360 g/mol. The van der Waals surface area contributed by atoms with Crippen molar-refractivity contribution in [3.05, 3.63) is 14.9 Å². The molecule has 1 aromatic rings. The fourth-order valence-corrected chi connectivity index (χ4v) is 6.19. The molecule has 2 rings (SSSR count). The molecule has 1 saturated heterocycles. The van der Waals surface area contributed by atoms with E-state index < -0.39 is 10.0 Å². The van der Waals surface area contributed by atoms with Gasteiger partial charge in [0.05, 0.1) is 8.81 Å². The highest BCUT2D eigenvalue weighted by Gasteiger charge is 2.34. The Balaban J connectivity index is 2.31. The van der Waals surface area contributed by atoms with Gasteiger partial charge < -0.3 is 4.90 Å². The van der Waals surface area contributed by atoms with Gasteiger partial charge in [-0.05, 0) is 36.0 Å². The Morgan fingerprint density at radius 3 is 2.67 bits per heavy atom. The molecule has 1 atom stereocenters. The number of likely N-dealkylation sites (N-methyl/N-ethyl adjacent to an activating group) is 1. The fraction of sp³-hybridized carbons (Fsp3) is 0.600. The van der Waals surface area contributed by atoms with Crippen LogP contribution >= 0.6 is 38.9 Å². The fourth-order valence-electron chi connectivity index (χ4n) is 2.05.